The van der Waals surface area contributed by atoms with Crippen LogP contribution in [0.2, 0.25) is 0 Å². The normalized spacial score (nSPS) is 15.8. The van der Waals surface area contributed by atoms with Crippen molar-refractivity contribution in [1.29, 1.82) is 0 Å². The molecule has 0 bridgehead atoms. The van der Waals surface area contributed by atoms with Gasteiger partial charge < -0.3 is 9.72 Å². The van der Waals surface area contributed by atoms with Crippen molar-refractivity contribution in [3.63, 3.8) is 0 Å². The summed E-state index contributed by atoms with van der Waals surface area (Å²) < 4.78 is 46.8. The Balaban J connectivity index is 1.57. The molecule has 0 spiro atoms. The number of fused-ring (bicyclic) bond motifs is 1. The molecule has 0 atom stereocenters. The first-order valence-electron chi connectivity index (χ1n) is 8.76. The van der Waals surface area contributed by atoms with E-state index in [0.29, 0.717) is 12.3 Å². The van der Waals surface area contributed by atoms with Gasteiger partial charge in [0.1, 0.15) is 11.6 Å². The standard InChI is InChI=1S/C20H21FN2O3S/c1-13-9-15(4-6-19(13)26-2)27(24,25)23-12-20(7-8-20)17-11-22-18-10-14(21)3-5-16(17)18/h3-6,9-11,22-23H,7-8,12H2,1-2H3. The first kappa shape index (κ1) is 18.0. The lowest BCUT2D eigenvalue weighted by Gasteiger charge is -2.16. The zero-order valence-corrected chi connectivity index (χ0v) is 16.0. The van der Waals surface area contributed by atoms with Crippen molar-refractivity contribution < 1.29 is 17.5 Å². The topological polar surface area (TPSA) is 71.2 Å². The minimum Gasteiger partial charge on any atom is -0.496 e. The van der Waals surface area contributed by atoms with Gasteiger partial charge in [-0.25, -0.2) is 17.5 Å². The molecule has 2 N–H and O–H groups in total. The van der Waals surface area contributed by atoms with E-state index in [1.54, 1.807) is 31.4 Å². The summed E-state index contributed by atoms with van der Waals surface area (Å²) in [6.07, 6.45) is 3.64. The van der Waals surface area contributed by atoms with E-state index < -0.39 is 10.0 Å². The number of methoxy groups -OCH3 is 1. The van der Waals surface area contributed by atoms with E-state index in [4.69, 9.17) is 4.74 Å². The third kappa shape index (κ3) is 3.21. The van der Waals surface area contributed by atoms with Gasteiger partial charge in [0.25, 0.3) is 0 Å². The molecular formula is C20H21FN2O3S. The van der Waals surface area contributed by atoms with Gasteiger partial charge in [-0.3, -0.25) is 0 Å². The highest BCUT2D eigenvalue weighted by Gasteiger charge is 2.46. The second-order valence-corrected chi connectivity index (χ2v) is 8.90. The quantitative estimate of drug-likeness (QED) is 0.677. The SMILES string of the molecule is COc1ccc(S(=O)(=O)NCC2(c3c[nH]c4cc(F)ccc34)CC2)cc1C. The van der Waals surface area contributed by atoms with Gasteiger partial charge in [0.2, 0.25) is 10.0 Å². The minimum atomic E-state index is -3.63. The van der Waals surface area contributed by atoms with Gasteiger partial charge >= 0.3 is 0 Å². The average molecular weight is 388 g/mol. The summed E-state index contributed by atoms with van der Waals surface area (Å²) in [5, 5.41) is 0.938. The number of aromatic nitrogens is 1. The molecule has 0 saturated heterocycles. The number of sulfonamides is 1. The Morgan fingerprint density at radius 1 is 1.22 bits per heavy atom. The summed E-state index contributed by atoms with van der Waals surface area (Å²) in [5.74, 6) is 0.356. The predicted molar refractivity (Wildman–Crippen MR) is 102 cm³/mol. The monoisotopic (exact) mass is 388 g/mol. The van der Waals surface area contributed by atoms with Crippen LogP contribution in [0, 0.1) is 12.7 Å². The van der Waals surface area contributed by atoms with Gasteiger partial charge in [-0.15, -0.1) is 0 Å². The van der Waals surface area contributed by atoms with Crippen LogP contribution in [0.15, 0.2) is 47.5 Å². The molecule has 0 amide bonds. The zero-order chi connectivity index (χ0) is 19.2. The molecular weight excluding hydrogens is 367 g/mol. The molecule has 3 aromatic rings. The number of ether oxygens (including phenoxy) is 1. The second-order valence-electron chi connectivity index (χ2n) is 7.13. The fraction of sp³-hybridized carbons (Fsp3) is 0.300. The molecule has 5 nitrogen and oxygen atoms in total. The van der Waals surface area contributed by atoms with Crippen LogP contribution < -0.4 is 9.46 Å². The van der Waals surface area contributed by atoms with Crippen molar-refractivity contribution in [3.8, 4) is 5.75 Å². The molecule has 1 aromatic heterocycles. The Bertz CT molecular complexity index is 1120. The Morgan fingerprint density at radius 2 is 2.00 bits per heavy atom. The number of aromatic amines is 1. The van der Waals surface area contributed by atoms with E-state index in [2.05, 4.69) is 9.71 Å². The summed E-state index contributed by atoms with van der Waals surface area (Å²) in [6.45, 7) is 2.12. The fourth-order valence-corrected chi connectivity index (χ4v) is 4.78. The molecule has 27 heavy (non-hydrogen) atoms. The maximum atomic E-state index is 13.4. The number of rotatable bonds is 6. The van der Waals surface area contributed by atoms with Crippen LogP contribution >= 0.6 is 0 Å². The Kier molecular flexibility index (Phi) is 4.24. The lowest BCUT2D eigenvalue weighted by Crippen LogP contribution is -2.32. The van der Waals surface area contributed by atoms with Crippen LogP contribution in [0.5, 0.6) is 5.75 Å². The summed E-state index contributed by atoms with van der Waals surface area (Å²) in [7, 11) is -2.07. The number of nitrogens with one attached hydrogen (secondary N) is 2. The van der Waals surface area contributed by atoms with Crippen LogP contribution in [0.1, 0.15) is 24.0 Å². The molecule has 1 saturated carbocycles. The van der Waals surface area contributed by atoms with Crippen molar-refractivity contribution in [3.05, 3.63) is 59.5 Å². The van der Waals surface area contributed by atoms with E-state index in [0.717, 1.165) is 34.9 Å². The van der Waals surface area contributed by atoms with Crippen molar-refractivity contribution in [2.75, 3.05) is 13.7 Å². The summed E-state index contributed by atoms with van der Waals surface area (Å²) in [6, 6.07) is 9.44. The number of hydrogen-bond acceptors (Lipinski definition) is 3. The van der Waals surface area contributed by atoms with Gasteiger partial charge in [-0.05, 0) is 67.3 Å². The number of halogens is 1. The van der Waals surface area contributed by atoms with Crippen LogP contribution in [0.3, 0.4) is 0 Å². The highest BCUT2D eigenvalue weighted by Crippen LogP contribution is 2.50. The Morgan fingerprint density at radius 3 is 2.67 bits per heavy atom. The van der Waals surface area contributed by atoms with E-state index in [9.17, 15) is 12.8 Å². The maximum Gasteiger partial charge on any atom is 0.240 e. The van der Waals surface area contributed by atoms with E-state index >= 15 is 0 Å². The predicted octanol–water partition coefficient (Wildman–Crippen LogP) is 3.63. The van der Waals surface area contributed by atoms with Gasteiger partial charge in [0.05, 0.1) is 12.0 Å². The Hall–Kier alpha value is -2.38. The summed E-state index contributed by atoms with van der Waals surface area (Å²) in [4.78, 5) is 3.31. The van der Waals surface area contributed by atoms with Gasteiger partial charge in [0.15, 0.2) is 0 Å². The van der Waals surface area contributed by atoms with Crippen molar-refractivity contribution in [2.24, 2.45) is 0 Å². The molecule has 142 valence electrons. The highest BCUT2D eigenvalue weighted by atomic mass is 32.2. The van der Waals surface area contributed by atoms with Crippen molar-refractivity contribution in [2.45, 2.75) is 30.1 Å². The largest absolute Gasteiger partial charge is 0.496 e. The molecule has 4 rings (SSSR count). The zero-order valence-electron chi connectivity index (χ0n) is 15.2. The van der Waals surface area contributed by atoms with Gasteiger partial charge in [0, 0.05) is 29.1 Å². The number of hydrogen-bond donors (Lipinski definition) is 2. The third-order valence-corrected chi connectivity index (χ3v) is 6.74. The minimum absolute atomic E-state index is 0.220. The molecule has 1 aliphatic rings. The fourth-order valence-electron chi connectivity index (χ4n) is 3.56. The molecule has 2 aromatic carbocycles. The molecule has 0 aliphatic heterocycles. The maximum absolute atomic E-state index is 13.4. The van der Waals surface area contributed by atoms with Crippen LogP contribution in [0.4, 0.5) is 4.39 Å². The number of aryl methyl sites for hydroxylation is 1. The first-order valence-corrected chi connectivity index (χ1v) is 10.2. The first-order chi connectivity index (χ1) is 12.8. The molecule has 1 heterocycles. The number of benzene rings is 2. The van der Waals surface area contributed by atoms with E-state index in [1.807, 2.05) is 13.1 Å². The lowest BCUT2D eigenvalue weighted by atomic mass is 9.96. The second kappa shape index (κ2) is 6.35. The average Bonchev–Trinajstić information content (AvgIpc) is 3.32. The van der Waals surface area contributed by atoms with E-state index in [1.165, 1.54) is 12.1 Å². The Labute approximate surface area is 157 Å². The van der Waals surface area contributed by atoms with Crippen molar-refractivity contribution >= 4 is 20.9 Å². The van der Waals surface area contributed by atoms with Crippen LogP contribution in [-0.2, 0) is 15.4 Å². The van der Waals surface area contributed by atoms with Gasteiger partial charge in [-0.1, -0.05) is 0 Å². The number of H-pyrrole nitrogens is 1. The lowest BCUT2D eigenvalue weighted by molar-refractivity contribution is 0.411. The molecule has 0 radical (unpaired) electrons. The molecule has 1 fully saturated rings. The van der Waals surface area contributed by atoms with Crippen LogP contribution in [-0.4, -0.2) is 27.1 Å². The molecule has 1 aliphatic carbocycles. The smallest absolute Gasteiger partial charge is 0.240 e. The molecule has 0 unspecified atom stereocenters. The molecule has 7 heteroatoms. The van der Waals surface area contributed by atoms with Crippen molar-refractivity contribution in [1.82, 2.24) is 9.71 Å². The summed E-state index contributed by atoms with van der Waals surface area (Å²) >= 11 is 0. The third-order valence-electron chi connectivity index (χ3n) is 5.35. The highest BCUT2D eigenvalue weighted by molar-refractivity contribution is 7.89. The van der Waals surface area contributed by atoms with Crippen LogP contribution in [0.25, 0.3) is 10.9 Å². The summed E-state index contributed by atoms with van der Waals surface area (Å²) in [5.41, 5.74) is 2.28. The van der Waals surface area contributed by atoms with Gasteiger partial charge in [-0.2, -0.15) is 0 Å². The van der Waals surface area contributed by atoms with E-state index in [-0.39, 0.29) is 16.1 Å².